The monoisotopic (exact) mass is 498 g/mol. The molecule has 3 nitrogen and oxygen atoms in total. The third kappa shape index (κ3) is 6.72. The van der Waals surface area contributed by atoms with Crippen molar-refractivity contribution < 1.29 is 22.7 Å². The van der Waals surface area contributed by atoms with E-state index in [-0.39, 0.29) is 11.4 Å². The topological polar surface area (TPSA) is 26.7 Å². The molecule has 0 bridgehead atoms. The predicted molar refractivity (Wildman–Crippen MR) is 127 cm³/mol. The molecular weight excluding hydrogens is 472 g/mol. The SMILES string of the molecule is CC(O)(c1ccc(N2CCN(Sc3cccs3)CC2)cc1)C(F)(F)F.Cc1ccccc1F. The van der Waals surface area contributed by atoms with Crippen molar-refractivity contribution in [3.8, 4) is 0 Å². The molecule has 1 saturated heterocycles. The van der Waals surface area contributed by atoms with Gasteiger partial charge in [0.05, 0.1) is 4.21 Å². The van der Waals surface area contributed by atoms with Crippen molar-refractivity contribution in [1.29, 1.82) is 0 Å². The molecule has 1 fully saturated rings. The van der Waals surface area contributed by atoms with E-state index in [0.717, 1.165) is 38.8 Å². The number of piperazine rings is 1. The van der Waals surface area contributed by atoms with Crippen LogP contribution in [-0.4, -0.2) is 41.8 Å². The van der Waals surface area contributed by atoms with Crippen LogP contribution < -0.4 is 4.90 Å². The maximum absolute atomic E-state index is 12.9. The van der Waals surface area contributed by atoms with Crippen LogP contribution in [0.2, 0.25) is 0 Å². The Labute approximate surface area is 199 Å². The van der Waals surface area contributed by atoms with Crippen LogP contribution >= 0.6 is 23.3 Å². The van der Waals surface area contributed by atoms with Gasteiger partial charge in [-0.2, -0.15) is 13.2 Å². The third-order valence-electron chi connectivity index (χ3n) is 5.38. The number of aryl methyl sites for hydroxylation is 1. The van der Waals surface area contributed by atoms with Crippen LogP contribution in [0.5, 0.6) is 0 Å². The van der Waals surface area contributed by atoms with Gasteiger partial charge in [-0.15, -0.1) is 11.3 Å². The Balaban J connectivity index is 0.000000323. The fourth-order valence-electron chi connectivity index (χ4n) is 3.19. The largest absolute Gasteiger partial charge is 0.421 e. The van der Waals surface area contributed by atoms with Crippen LogP contribution in [0, 0.1) is 12.7 Å². The van der Waals surface area contributed by atoms with E-state index in [0.29, 0.717) is 5.56 Å². The van der Waals surface area contributed by atoms with E-state index in [9.17, 15) is 22.7 Å². The van der Waals surface area contributed by atoms with Crippen LogP contribution in [-0.2, 0) is 5.60 Å². The van der Waals surface area contributed by atoms with E-state index in [1.165, 1.54) is 22.4 Å². The number of nitrogens with zero attached hydrogens (tertiary/aromatic N) is 2. The molecule has 33 heavy (non-hydrogen) atoms. The highest BCUT2D eigenvalue weighted by atomic mass is 32.2. The van der Waals surface area contributed by atoms with Crippen molar-refractivity contribution in [1.82, 2.24) is 4.31 Å². The van der Waals surface area contributed by atoms with E-state index in [4.69, 9.17) is 0 Å². The molecule has 1 atom stereocenters. The summed E-state index contributed by atoms with van der Waals surface area (Å²) in [6, 6.07) is 16.8. The quantitative estimate of drug-likeness (QED) is 0.329. The van der Waals surface area contributed by atoms with Crippen molar-refractivity contribution in [2.75, 3.05) is 31.1 Å². The van der Waals surface area contributed by atoms with Crippen LogP contribution in [0.15, 0.2) is 70.3 Å². The molecule has 2 aromatic carbocycles. The number of halogens is 4. The molecule has 0 radical (unpaired) electrons. The summed E-state index contributed by atoms with van der Waals surface area (Å²) in [6.07, 6.45) is -4.70. The van der Waals surface area contributed by atoms with Crippen LogP contribution in [0.4, 0.5) is 23.2 Å². The molecule has 178 valence electrons. The van der Waals surface area contributed by atoms with E-state index in [1.54, 1.807) is 54.5 Å². The first-order chi connectivity index (χ1) is 15.6. The number of thiophene rings is 1. The molecule has 4 rings (SSSR count). The Kier molecular flexibility index (Phi) is 8.44. The van der Waals surface area contributed by atoms with Crippen molar-refractivity contribution in [3.63, 3.8) is 0 Å². The first-order valence-corrected chi connectivity index (χ1v) is 12.1. The summed E-state index contributed by atoms with van der Waals surface area (Å²) in [7, 11) is 0. The minimum Gasteiger partial charge on any atom is -0.376 e. The first-order valence-electron chi connectivity index (χ1n) is 10.4. The summed E-state index contributed by atoms with van der Waals surface area (Å²) in [5.41, 5.74) is -1.40. The van der Waals surface area contributed by atoms with Gasteiger partial charge < -0.3 is 10.0 Å². The smallest absolute Gasteiger partial charge is 0.376 e. The van der Waals surface area contributed by atoms with Crippen LogP contribution in [0.25, 0.3) is 0 Å². The van der Waals surface area contributed by atoms with Gasteiger partial charge in [0, 0.05) is 31.9 Å². The van der Waals surface area contributed by atoms with Crippen molar-refractivity contribution in [2.24, 2.45) is 0 Å². The van der Waals surface area contributed by atoms with Gasteiger partial charge in [0.25, 0.3) is 0 Å². The maximum atomic E-state index is 12.9. The molecule has 0 aliphatic carbocycles. The first kappa shape index (κ1) is 25.6. The summed E-state index contributed by atoms with van der Waals surface area (Å²) >= 11 is 3.46. The Morgan fingerprint density at radius 3 is 2.03 bits per heavy atom. The number of hydrogen-bond donors (Lipinski definition) is 1. The molecule has 1 aliphatic rings. The van der Waals surface area contributed by atoms with Crippen LogP contribution in [0.3, 0.4) is 0 Å². The molecule has 9 heteroatoms. The fraction of sp³-hybridized carbons (Fsp3) is 0.333. The highest BCUT2D eigenvalue weighted by Gasteiger charge is 2.51. The molecule has 0 saturated carbocycles. The lowest BCUT2D eigenvalue weighted by molar-refractivity contribution is -0.258. The van der Waals surface area contributed by atoms with Gasteiger partial charge in [0.1, 0.15) is 5.82 Å². The Hall–Kier alpha value is -2.07. The van der Waals surface area contributed by atoms with Crippen molar-refractivity contribution in [3.05, 3.63) is 83.0 Å². The van der Waals surface area contributed by atoms with Gasteiger partial charge in [-0.1, -0.05) is 36.4 Å². The van der Waals surface area contributed by atoms with Gasteiger partial charge in [0.2, 0.25) is 0 Å². The summed E-state index contributed by atoms with van der Waals surface area (Å²) in [6.45, 7) is 5.91. The average molecular weight is 499 g/mol. The normalized spacial score (nSPS) is 16.6. The van der Waals surface area contributed by atoms with Gasteiger partial charge in [-0.25, -0.2) is 8.70 Å². The fourth-order valence-corrected chi connectivity index (χ4v) is 5.03. The second-order valence-corrected chi connectivity index (χ2v) is 10.2. The second kappa shape index (κ2) is 10.9. The lowest BCUT2D eigenvalue weighted by atomic mass is 9.95. The van der Waals surface area contributed by atoms with E-state index in [2.05, 4.69) is 20.7 Å². The maximum Gasteiger partial charge on any atom is 0.421 e. The molecule has 0 amide bonds. The zero-order valence-electron chi connectivity index (χ0n) is 18.3. The third-order valence-corrected chi connectivity index (χ3v) is 7.49. The minimum absolute atomic E-state index is 0.132. The summed E-state index contributed by atoms with van der Waals surface area (Å²) in [5, 5.41) is 11.8. The van der Waals surface area contributed by atoms with Crippen molar-refractivity contribution in [2.45, 2.75) is 29.8 Å². The highest BCUT2D eigenvalue weighted by molar-refractivity contribution is 7.98. The molecule has 0 spiro atoms. The van der Waals surface area contributed by atoms with Crippen LogP contribution in [0.1, 0.15) is 18.1 Å². The molecule has 1 aliphatic heterocycles. The zero-order chi connectivity index (χ0) is 24.1. The van der Waals surface area contributed by atoms with Gasteiger partial charge in [0.15, 0.2) is 5.60 Å². The molecule has 2 heterocycles. The highest BCUT2D eigenvalue weighted by Crippen LogP contribution is 2.39. The lowest BCUT2D eigenvalue weighted by Crippen LogP contribution is -2.43. The average Bonchev–Trinajstić information content (AvgIpc) is 3.29. The van der Waals surface area contributed by atoms with E-state index < -0.39 is 11.8 Å². The summed E-state index contributed by atoms with van der Waals surface area (Å²) in [5.74, 6) is -0.132. The number of aliphatic hydroxyl groups is 1. The molecule has 3 aromatic rings. The standard InChI is InChI=1S/C17H19F3N2OS2.C7H7F/c1-16(23,17(18,19)20)13-4-6-14(7-5-13)21-8-10-22(11-9-21)25-15-3-2-12-24-15;1-6-4-2-3-5-7(6)8/h2-7,12,23H,8-11H2,1H3;2-5H,1H3. The molecule has 1 aromatic heterocycles. The number of anilines is 1. The predicted octanol–water partition coefficient (Wildman–Crippen LogP) is 6.48. The van der Waals surface area contributed by atoms with E-state index >= 15 is 0 Å². The summed E-state index contributed by atoms with van der Waals surface area (Å²) < 4.78 is 54.6. The number of hydrogen-bond acceptors (Lipinski definition) is 5. The van der Waals surface area contributed by atoms with Gasteiger partial charge >= 0.3 is 6.18 Å². The molecule has 1 unspecified atom stereocenters. The number of benzene rings is 2. The second-order valence-electron chi connectivity index (χ2n) is 7.81. The Morgan fingerprint density at radius 1 is 0.909 bits per heavy atom. The molecule has 1 N–H and O–H groups in total. The van der Waals surface area contributed by atoms with Crippen molar-refractivity contribution >= 4 is 29.0 Å². The van der Waals surface area contributed by atoms with Gasteiger partial charge in [-0.05, 0) is 66.6 Å². The summed E-state index contributed by atoms with van der Waals surface area (Å²) in [4.78, 5) is 2.15. The Morgan fingerprint density at radius 2 is 1.55 bits per heavy atom. The Bertz CT molecular complexity index is 979. The van der Waals surface area contributed by atoms with E-state index in [1.807, 2.05) is 12.1 Å². The zero-order valence-corrected chi connectivity index (χ0v) is 20.0. The minimum atomic E-state index is -4.70. The lowest BCUT2D eigenvalue weighted by Gasteiger charge is -2.35. The number of alkyl halides is 3. The molecular formula is C24H26F4N2OS2. The number of rotatable bonds is 4. The van der Waals surface area contributed by atoms with Gasteiger partial charge in [-0.3, -0.25) is 0 Å².